The second-order valence-corrected chi connectivity index (χ2v) is 1.86. The van der Waals surface area contributed by atoms with Crippen LogP contribution in [0, 0.1) is 0 Å². The number of nitrogens with zero attached hydrogens (tertiary/aromatic N) is 3. The Balaban J connectivity index is 0.000000605. The summed E-state index contributed by atoms with van der Waals surface area (Å²) in [7, 11) is 0. The molecule has 0 saturated carbocycles. The first kappa shape index (κ1) is 8.19. The summed E-state index contributed by atoms with van der Waals surface area (Å²) in [6.07, 6.45) is 2.94. The van der Waals surface area contributed by atoms with Gasteiger partial charge in [0.1, 0.15) is 11.8 Å². The maximum absolute atomic E-state index is 5.47. The van der Waals surface area contributed by atoms with Crippen molar-refractivity contribution in [3.8, 4) is 0 Å². The van der Waals surface area contributed by atoms with Crippen molar-refractivity contribution in [2.24, 2.45) is 0 Å². The minimum Gasteiger partial charge on any atom is -0.382 e. The van der Waals surface area contributed by atoms with Gasteiger partial charge in [0.25, 0.3) is 0 Å². The fourth-order valence-corrected chi connectivity index (χ4v) is 0.783. The number of aromatic amines is 1. The van der Waals surface area contributed by atoms with Crippen LogP contribution < -0.4 is 5.73 Å². The number of aromatic nitrogens is 4. The predicted molar refractivity (Wildman–Crippen MR) is 36.1 cm³/mol. The molecule has 0 atom stereocenters. The number of anilines is 1. The molecule has 0 bridgehead atoms. The summed E-state index contributed by atoms with van der Waals surface area (Å²) in [5.74, 6) is 0.409. The van der Waals surface area contributed by atoms with Crippen LogP contribution in [-0.4, -0.2) is 19.9 Å². The van der Waals surface area contributed by atoms with Gasteiger partial charge in [-0.2, -0.15) is 0 Å². The summed E-state index contributed by atoms with van der Waals surface area (Å²) < 4.78 is 0. The quantitative estimate of drug-likeness (QED) is 0.662. The Hall–Kier alpha value is -0.910. The Morgan fingerprint density at radius 2 is 2.09 bits per heavy atom. The minimum absolute atomic E-state index is 0. The van der Waals surface area contributed by atoms with Crippen LogP contribution in [-0.2, 0) is 22.4 Å². The van der Waals surface area contributed by atoms with E-state index < -0.39 is 0 Å². The van der Waals surface area contributed by atoms with E-state index in [2.05, 4.69) is 19.9 Å². The minimum atomic E-state index is 0. The van der Waals surface area contributed by atoms with Crippen molar-refractivity contribution in [1.82, 2.24) is 19.9 Å². The van der Waals surface area contributed by atoms with E-state index in [4.69, 9.17) is 5.73 Å². The number of H-pyrrole nitrogens is 1. The number of nitrogens with one attached hydrogen (secondary N) is 1. The molecule has 2 aromatic rings. The molecule has 2 rings (SSSR count). The second kappa shape index (κ2) is 3.00. The van der Waals surface area contributed by atoms with Gasteiger partial charge in [0.15, 0.2) is 11.5 Å². The van der Waals surface area contributed by atoms with Gasteiger partial charge in [0.05, 0.1) is 6.33 Å². The Kier molecular flexibility index (Phi) is 2.23. The Morgan fingerprint density at radius 1 is 1.27 bits per heavy atom. The summed E-state index contributed by atoms with van der Waals surface area (Å²) in [6.45, 7) is 0. The van der Waals surface area contributed by atoms with Crippen molar-refractivity contribution < 1.29 is 22.4 Å². The first-order valence-corrected chi connectivity index (χ1v) is 2.77. The smallest absolute Gasteiger partial charge is 0.162 e. The molecule has 0 aliphatic rings. The summed E-state index contributed by atoms with van der Waals surface area (Å²) in [6, 6.07) is 0. The Bertz CT molecular complexity index is 356. The van der Waals surface area contributed by atoms with E-state index in [1.54, 1.807) is 0 Å². The number of nitrogen functional groups attached to an aromatic ring is 1. The van der Waals surface area contributed by atoms with Gasteiger partial charge in [0, 0.05) is 22.4 Å². The van der Waals surface area contributed by atoms with Crippen LogP contribution in [0.25, 0.3) is 11.2 Å². The van der Waals surface area contributed by atoms with Gasteiger partial charge < -0.3 is 10.7 Å². The van der Waals surface area contributed by atoms with Gasteiger partial charge >= 0.3 is 0 Å². The summed E-state index contributed by atoms with van der Waals surface area (Å²) in [4.78, 5) is 14.4. The number of fused-ring (bicyclic) bond motifs is 1. The molecule has 5 nitrogen and oxygen atoms in total. The molecule has 1 radical (unpaired) electrons. The van der Waals surface area contributed by atoms with Gasteiger partial charge in [-0.25, -0.2) is 15.0 Å². The maximum atomic E-state index is 5.47. The zero-order valence-corrected chi connectivity index (χ0v) is 7.54. The van der Waals surface area contributed by atoms with Crippen LogP contribution in [0.2, 0.25) is 0 Å². The van der Waals surface area contributed by atoms with Crippen molar-refractivity contribution in [3.05, 3.63) is 12.7 Å². The van der Waals surface area contributed by atoms with Crippen LogP contribution in [0.5, 0.6) is 0 Å². The molecule has 11 heavy (non-hydrogen) atoms. The summed E-state index contributed by atoms with van der Waals surface area (Å²) >= 11 is 0. The van der Waals surface area contributed by atoms with Gasteiger partial charge in [-0.05, 0) is 0 Å². The molecule has 6 heteroatoms. The number of hydrogen-bond acceptors (Lipinski definition) is 4. The van der Waals surface area contributed by atoms with Gasteiger partial charge in [-0.3, -0.25) is 0 Å². The largest absolute Gasteiger partial charge is 0.382 e. The number of rotatable bonds is 0. The fraction of sp³-hybridized carbons (Fsp3) is 0. The first-order valence-electron chi connectivity index (χ1n) is 2.77. The molecule has 0 aliphatic heterocycles. The molecule has 0 saturated heterocycles. The zero-order chi connectivity index (χ0) is 6.97. The van der Waals surface area contributed by atoms with Crippen molar-refractivity contribution in [3.63, 3.8) is 0 Å². The first-order chi connectivity index (χ1) is 4.88. The van der Waals surface area contributed by atoms with Crippen LogP contribution in [0.1, 0.15) is 0 Å². The second-order valence-electron chi connectivity index (χ2n) is 1.86. The van der Waals surface area contributed by atoms with E-state index in [9.17, 15) is 0 Å². The number of nitrogens with two attached hydrogens (primary N) is 1. The number of hydrogen-bond donors (Lipinski definition) is 2. The van der Waals surface area contributed by atoms with E-state index in [0.29, 0.717) is 17.0 Å². The summed E-state index contributed by atoms with van der Waals surface area (Å²) in [5, 5.41) is 0. The molecule has 61 valence electrons. The monoisotopic (exact) mass is 332 g/mol. The van der Waals surface area contributed by atoms with Crippen LogP contribution >= 0.6 is 0 Å². The van der Waals surface area contributed by atoms with Crippen LogP contribution in [0.15, 0.2) is 12.7 Å². The number of imidazole rings is 1. The maximum Gasteiger partial charge on any atom is 0.162 e. The molecular weight excluding hydrogens is 327 g/mol. The predicted octanol–water partition coefficient (Wildman–Crippen LogP) is -0.0674. The average molecular weight is 332 g/mol. The summed E-state index contributed by atoms with van der Waals surface area (Å²) in [5.41, 5.74) is 6.77. The van der Waals surface area contributed by atoms with E-state index in [1.807, 2.05) is 0 Å². The van der Waals surface area contributed by atoms with Crippen LogP contribution in [0.4, 0.5) is 5.82 Å². The molecular formula is C5H5AuN5. The van der Waals surface area contributed by atoms with Gasteiger partial charge in [0.2, 0.25) is 0 Å². The van der Waals surface area contributed by atoms with E-state index in [1.165, 1.54) is 12.7 Å². The Labute approximate surface area is 78.0 Å². The molecule has 0 aromatic carbocycles. The van der Waals surface area contributed by atoms with Crippen molar-refractivity contribution in [1.29, 1.82) is 0 Å². The third-order valence-electron chi connectivity index (χ3n) is 1.25. The fourth-order valence-electron chi connectivity index (χ4n) is 0.783. The molecule has 2 heterocycles. The topological polar surface area (TPSA) is 80.5 Å². The van der Waals surface area contributed by atoms with Crippen molar-refractivity contribution >= 4 is 17.0 Å². The normalized spacial score (nSPS) is 9.45. The van der Waals surface area contributed by atoms with E-state index in [0.717, 1.165) is 0 Å². The molecule has 0 unspecified atom stereocenters. The van der Waals surface area contributed by atoms with E-state index >= 15 is 0 Å². The SMILES string of the molecule is Nc1ncnc2[nH]cnc12.[Au]. The van der Waals surface area contributed by atoms with Gasteiger partial charge in [-0.1, -0.05) is 0 Å². The van der Waals surface area contributed by atoms with Crippen molar-refractivity contribution in [2.75, 3.05) is 5.73 Å². The molecule has 0 aliphatic carbocycles. The van der Waals surface area contributed by atoms with E-state index in [-0.39, 0.29) is 22.4 Å². The molecule has 0 spiro atoms. The van der Waals surface area contributed by atoms with Crippen molar-refractivity contribution in [2.45, 2.75) is 0 Å². The Morgan fingerprint density at radius 3 is 2.82 bits per heavy atom. The standard InChI is InChI=1S/C5H5N5.Au/c6-4-3-5(9-1-7-3)10-2-8-4;/h1-2H,(H3,6,7,8,9,10);. The van der Waals surface area contributed by atoms with Crippen LogP contribution in [0.3, 0.4) is 0 Å². The zero-order valence-electron chi connectivity index (χ0n) is 5.38. The molecule has 2 aromatic heterocycles. The third-order valence-corrected chi connectivity index (χ3v) is 1.25. The molecule has 0 fully saturated rings. The molecule has 0 amide bonds. The average Bonchev–Trinajstić information content (AvgIpc) is 2.36. The van der Waals surface area contributed by atoms with Gasteiger partial charge in [-0.15, -0.1) is 0 Å². The molecule has 3 N–H and O–H groups in total. The third kappa shape index (κ3) is 1.25.